The number of terminal acetylenes is 1. The minimum Gasteiger partial charge on any atom is -0.342 e. The third-order valence-electron chi connectivity index (χ3n) is 4.03. The van der Waals surface area contributed by atoms with Gasteiger partial charge < -0.3 is 10.6 Å². The van der Waals surface area contributed by atoms with Crippen molar-refractivity contribution in [3.05, 3.63) is 0 Å². The molecule has 1 aliphatic carbocycles. The van der Waals surface area contributed by atoms with E-state index in [0.29, 0.717) is 5.41 Å². The fraction of sp³-hybridized carbons (Fsp3) is 0.769. The molecule has 0 radical (unpaired) electrons. The normalized spacial score (nSPS) is 28.1. The highest BCUT2D eigenvalue weighted by molar-refractivity contribution is 5.83. The lowest BCUT2D eigenvalue weighted by Crippen LogP contribution is -2.37. The number of hydrogen-bond acceptors (Lipinski definition) is 2. The molecular formula is C13H20N2O. The van der Waals surface area contributed by atoms with E-state index < -0.39 is 0 Å². The van der Waals surface area contributed by atoms with Crippen molar-refractivity contribution in [1.82, 2.24) is 10.6 Å². The van der Waals surface area contributed by atoms with Crippen molar-refractivity contribution in [2.45, 2.75) is 38.6 Å². The molecule has 2 aliphatic rings. The molecule has 0 aromatic carbocycles. The van der Waals surface area contributed by atoms with Gasteiger partial charge in [0.1, 0.15) is 0 Å². The van der Waals surface area contributed by atoms with Gasteiger partial charge in [-0.2, -0.15) is 0 Å². The van der Waals surface area contributed by atoms with Gasteiger partial charge in [0, 0.05) is 5.92 Å². The van der Waals surface area contributed by atoms with Crippen molar-refractivity contribution in [3.63, 3.8) is 0 Å². The summed E-state index contributed by atoms with van der Waals surface area (Å²) < 4.78 is 0. The summed E-state index contributed by atoms with van der Waals surface area (Å²) >= 11 is 0. The zero-order chi connectivity index (χ0) is 11.6. The highest BCUT2D eigenvalue weighted by Gasteiger charge is 2.57. The predicted molar refractivity (Wildman–Crippen MR) is 63.7 cm³/mol. The van der Waals surface area contributed by atoms with Crippen LogP contribution in [0.2, 0.25) is 0 Å². The number of nitrogens with one attached hydrogen (secondary N) is 2. The van der Waals surface area contributed by atoms with Gasteiger partial charge in [-0.15, -0.1) is 6.42 Å². The van der Waals surface area contributed by atoms with Gasteiger partial charge in [0.2, 0.25) is 5.91 Å². The highest BCUT2D eigenvalue weighted by Crippen LogP contribution is 2.58. The molecule has 2 rings (SSSR count). The maximum atomic E-state index is 12.0. The molecule has 0 aromatic rings. The van der Waals surface area contributed by atoms with Crippen LogP contribution in [0, 0.1) is 23.7 Å². The Labute approximate surface area is 97.4 Å². The van der Waals surface area contributed by atoms with E-state index >= 15 is 0 Å². The predicted octanol–water partition coefficient (Wildman–Crippen LogP) is 0.904. The van der Waals surface area contributed by atoms with Gasteiger partial charge >= 0.3 is 0 Å². The number of piperidine rings is 1. The summed E-state index contributed by atoms with van der Waals surface area (Å²) in [4.78, 5) is 12.0. The molecule has 2 N–H and O–H groups in total. The average molecular weight is 220 g/mol. The van der Waals surface area contributed by atoms with Crippen LogP contribution >= 0.6 is 0 Å². The minimum atomic E-state index is -0.0909. The van der Waals surface area contributed by atoms with Gasteiger partial charge in [-0.25, -0.2) is 0 Å². The maximum Gasteiger partial charge on any atom is 0.224 e. The van der Waals surface area contributed by atoms with Gasteiger partial charge in [-0.1, -0.05) is 12.8 Å². The van der Waals surface area contributed by atoms with Crippen molar-refractivity contribution in [2.24, 2.45) is 11.3 Å². The van der Waals surface area contributed by atoms with Crippen LogP contribution in [0.5, 0.6) is 0 Å². The Morgan fingerprint density at radius 3 is 2.88 bits per heavy atom. The summed E-state index contributed by atoms with van der Waals surface area (Å²) in [5.74, 6) is 3.00. The Kier molecular flexibility index (Phi) is 3.20. The monoisotopic (exact) mass is 220 g/mol. The summed E-state index contributed by atoms with van der Waals surface area (Å²) in [5.41, 5.74) is 0.308. The molecule has 1 aliphatic heterocycles. The lowest BCUT2D eigenvalue weighted by Gasteiger charge is -2.23. The summed E-state index contributed by atoms with van der Waals surface area (Å²) in [7, 11) is 0. The van der Waals surface area contributed by atoms with E-state index in [1.807, 2.05) is 6.92 Å². The molecule has 16 heavy (non-hydrogen) atoms. The average Bonchev–Trinajstić information content (AvgIpc) is 3.00. The van der Waals surface area contributed by atoms with Crippen molar-refractivity contribution in [3.8, 4) is 12.3 Å². The van der Waals surface area contributed by atoms with Crippen molar-refractivity contribution in [1.29, 1.82) is 0 Å². The zero-order valence-corrected chi connectivity index (χ0v) is 9.88. The molecule has 2 atom stereocenters. The van der Waals surface area contributed by atoms with Crippen LogP contribution in [0.25, 0.3) is 0 Å². The Balaban J connectivity index is 1.86. The standard InChI is InChI=1S/C13H20N2O/c1-3-10(4-2)15-12(16)11-9-13(11)5-7-14-8-6-13/h1,10-11,14H,4-9H2,2H3,(H,15,16). The second-order valence-electron chi connectivity index (χ2n) is 5.01. The first-order valence-electron chi connectivity index (χ1n) is 6.19. The van der Waals surface area contributed by atoms with E-state index in [2.05, 4.69) is 16.6 Å². The van der Waals surface area contributed by atoms with E-state index in [1.54, 1.807) is 0 Å². The topological polar surface area (TPSA) is 41.1 Å². The third kappa shape index (κ3) is 2.08. The van der Waals surface area contributed by atoms with Crippen molar-refractivity contribution < 1.29 is 4.79 Å². The zero-order valence-electron chi connectivity index (χ0n) is 9.88. The van der Waals surface area contributed by atoms with Crippen LogP contribution in [0.3, 0.4) is 0 Å². The number of carbonyl (C=O) groups excluding carboxylic acids is 1. The van der Waals surface area contributed by atoms with Crippen LogP contribution in [0.4, 0.5) is 0 Å². The second-order valence-corrected chi connectivity index (χ2v) is 5.01. The molecule has 1 saturated heterocycles. The summed E-state index contributed by atoms with van der Waals surface area (Å²) in [6.07, 6.45) is 9.49. The molecule has 3 heteroatoms. The second kappa shape index (κ2) is 4.47. The molecular weight excluding hydrogens is 200 g/mol. The molecule has 1 amide bonds. The number of carbonyl (C=O) groups is 1. The Morgan fingerprint density at radius 1 is 1.62 bits per heavy atom. The maximum absolute atomic E-state index is 12.0. The number of hydrogen-bond donors (Lipinski definition) is 2. The van der Waals surface area contributed by atoms with Gasteiger partial charge in [0.15, 0.2) is 0 Å². The minimum absolute atomic E-state index is 0.0909. The van der Waals surface area contributed by atoms with Crippen molar-refractivity contribution in [2.75, 3.05) is 13.1 Å². The van der Waals surface area contributed by atoms with Gasteiger partial charge in [0.05, 0.1) is 6.04 Å². The van der Waals surface area contributed by atoms with Gasteiger partial charge in [-0.3, -0.25) is 4.79 Å². The quantitative estimate of drug-likeness (QED) is 0.694. The van der Waals surface area contributed by atoms with Crippen LogP contribution in [-0.4, -0.2) is 25.0 Å². The molecule has 1 spiro atoms. The van der Waals surface area contributed by atoms with Crippen LogP contribution < -0.4 is 10.6 Å². The van der Waals surface area contributed by atoms with E-state index in [-0.39, 0.29) is 17.9 Å². The molecule has 3 nitrogen and oxygen atoms in total. The fourth-order valence-electron chi connectivity index (χ4n) is 2.73. The molecule has 0 bridgehead atoms. The van der Waals surface area contributed by atoms with Crippen LogP contribution in [0.15, 0.2) is 0 Å². The van der Waals surface area contributed by atoms with E-state index in [1.165, 1.54) is 0 Å². The van der Waals surface area contributed by atoms with E-state index in [4.69, 9.17) is 6.42 Å². The lowest BCUT2D eigenvalue weighted by molar-refractivity contribution is -0.123. The lowest BCUT2D eigenvalue weighted by atomic mass is 9.91. The third-order valence-corrected chi connectivity index (χ3v) is 4.03. The molecule has 88 valence electrons. The first-order valence-corrected chi connectivity index (χ1v) is 6.19. The summed E-state index contributed by atoms with van der Waals surface area (Å²) in [5, 5.41) is 6.29. The molecule has 2 fully saturated rings. The van der Waals surface area contributed by atoms with E-state index in [0.717, 1.165) is 38.8 Å². The Hall–Kier alpha value is -1.01. The van der Waals surface area contributed by atoms with Gasteiger partial charge in [-0.05, 0) is 44.2 Å². The first kappa shape index (κ1) is 11.5. The highest BCUT2D eigenvalue weighted by atomic mass is 16.2. The number of rotatable bonds is 3. The molecule has 1 saturated carbocycles. The summed E-state index contributed by atoms with van der Waals surface area (Å²) in [6, 6.07) is -0.0909. The smallest absolute Gasteiger partial charge is 0.224 e. The molecule has 2 unspecified atom stereocenters. The summed E-state index contributed by atoms with van der Waals surface area (Å²) in [6.45, 7) is 4.10. The Morgan fingerprint density at radius 2 is 2.31 bits per heavy atom. The van der Waals surface area contributed by atoms with Crippen molar-refractivity contribution >= 4 is 5.91 Å². The molecule has 1 heterocycles. The van der Waals surface area contributed by atoms with Crippen LogP contribution in [0.1, 0.15) is 32.6 Å². The number of amides is 1. The Bertz CT molecular complexity index is 312. The largest absolute Gasteiger partial charge is 0.342 e. The van der Waals surface area contributed by atoms with Gasteiger partial charge in [0.25, 0.3) is 0 Å². The van der Waals surface area contributed by atoms with Crippen LogP contribution in [-0.2, 0) is 4.79 Å². The SMILES string of the molecule is C#CC(CC)NC(=O)C1CC12CCNCC2. The fourth-order valence-corrected chi connectivity index (χ4v) is 2.73. The van der Waals surface area contributed by atoms with E-state index in [9.17, 15) is 4.79 Å². The first-order chi connectivity index (χ1) is 7.72. The molecule has 0 aromatic heterocycles.